The van der Waals surface area contributed by atoms with Gasteiger partial charge < -0.3 is 0 Å². The number of nitrogens with zero attached hydrogens (tertiary/aromatic N) is 1. The molecular weight excluding hydrogens is 238 g/mol. The molecule has 1 spiro atoms. The zero-order valence-electron chi connectivity index (χ0n) is 9.50. The summed E-state index contributed by atoms with van der Waals surface area (Å²) in [6, 6.07) is 0. The summed E-state index contributed by atoms with van der Waals surface area (Å²) in [5.74, 6) is -0.0636. The molecule has 1 saturated carbocycles. The van der Waals surface area contributed by atoms with Crippen molar-refractivity contribution in [3.8, 4) is 0 Å². The van der Waals surface area contributed by atoms with Crippen LogP contribution in [0.5, 0.6) is 0 Å². The normalized spacial score (nSPS) is 28.1. The van der Waals surface area contributed by atoms with E-state index in [0.717, 1.165) is 25.7 Å². The van der Waals surface area contributed by atoms with Gasteiger partial charge in [0, 0.05) is 6.54 Å². The molecule has 0 aromatic heterocycles. The van der Waals surface area contributed by atoms with E-state index in [-0.39, 0.29) is 11.0 Å². The van der Waals surface area contributed by atoms with E-state index in [9.17, 15) is 13.2 Å². The van der Waals surface area contributed by atoms with E-state index >= 15 is 0 Å². The van der Waals surface area contributed by atoms with Crippen LogP contribution in [0.25, 0.3) is 0 Å². The van der Waals surface area contributed by atoms with Crippen LogP contribution in [0.4, 0.5) is 0 Å². The van der Waals surface area contributed by atoms with Crippen LogP contribution in [0.15, 0.2) is 24.3 Å². The van der Waals surface area contributed by atoms with E-state index in [2.05, 4.69) is 0 Å². The molecule has 0 aromatic carbocycles. The van der Waals surface area contributed by atoms with E-state index in [1.165, 1.54) is 12.2 Å². The summed E-state index contributed by atoms with van der Waals surface area (Å²) < 4.78 is 26.2. The third kappa shape index (κ3) is 1.68. The molecule has 1 heterocycles. The average Bonchev–Trinajstić information content (AvgIpc) is 3.07. The Kier molecular flexibility index (Phi) is 2.32. The van der Waals surface area contributed by atoms with Gasteiger partial charge in [0.05, 0.1) is 10.8 Å². The average molecular weight is 253 g/mol. The number of ketones is 1. The molecule has 1 aliphatic heterocycles. The van der Waals surface area contributed by atoms with Crippen molar-refractivity contribution in [2.75, 3.05) is 6.54 Å². The van der Waals surface area contributed by atoms with Gasteiger partial charge in [-0.1, -0.05) is 12.2 Å². The van der Waals surface area contributed by atoms with Crippen LogP contribution in [-0.4, -0.2) is 35.8 Å². The minimum atomic E-state index is -3.17. The highest BCUT2D eigenvalue weighted by atomic mass is 32.2. The number of rotatable bonds is 2. The van der Waals surface area contributed by atoms with E-state index in [0.29, 0.717) is 6.54 Å². The molecule has 0 bridgehead atoms. The Bertz CT molecular complexity index is 498. The highest BCUT2D eigenvalue weighted by Gasteiger charge is 2.50. The largest absolute Gasteiger partial charge is 0.290 e. The van der Waals surface area contributed by atoms with Gasteiger partial charge in [-0.2, -0.15) is 4.31 Å². The summed E-state index contributed by atoms with van der Waals surface area (Å²) in [6.45, 7) is 0.571. The second-order valence-electron chi connectivity index (χ2n) is 4.98. The number of sulfonamides is 1. The van der Waals surface area contributed by atoms with Crippen LogP contribution in [0.1, 0.15) is 25.7 Å². The van der Waals surface area contributed by atoms with Crippen LogP contribution in [0, 0.1) is 0 Å². The van der Waals surface area contributed by atoms with Gasteiger partial charge in [-0.25, -0.2) is 8.42 Å². The molecule has 2 aliphatic carbocycles. The fourth-order valence-electron chi connectivity index (χ4n) is 2.65. The van der Waals surface area contributed by atoms with Crippen LogP contribution in [0.2, 0.25) is 0 Å². The molecule has 0 aromatic rings. The summed E-state index contributed by atoms with van der Waals surface area (Å²) in [5.41, 5.74) is -0.560. The van der Waals surface area contributed by atoms with Gasteiger partial charge >= 0.3 is 0 Å². The smallest absolute Gasteiger partial charge is 0.218 e. The van der Waals surface area contributed by atoms with Gasteiger partial charge in [0.25, 0.3) is 0 Å². The molecule has 0 amide bonds. The first-order valence-electron chi connectivity index (χ1n) is 5.99. The number of hydrogen-bond donors (Lipinski definition) is 0. The highest BCUT2D eigenvalue weighted by molar-refractivity contribution is 7.90. The van der Waals surface area contributed by atoms with Crippen LogP contribution < -0.4 is 0 Å². The first-order chi connectivity index (χ1) is 8.05. The van der Waals surface area contributed by atoms with Crippen molar-refractivity contribution in [2.24, 2.45) is 0 Å². The lowest BCUT2D eigenvalue weighted by molar-refractivity contribution is -0.110. The third-order valence-corrected chi connectivity index (χ3v) is 6.18. The van der Waals surface area contributed by atoms with Crippen molar-refractivity contribution in [2.45, 2.75) is 36.5 Å². The Balaban J connectivity index is 1.98. The predicted molar refractivity (Wildman–Crippen MR) is 63.9 cm³/mol. The Morgan fingerprint density at radius 3 is 2.47 bits per heavy atom. The summed E-state index contributed by atoms with van der Waals surface area (Å²) in [7, 11) is -3.17. The maximum Gasteiger partial charge on any atom is 0.218 e. The molecule has 0 atom stereocenters. The number of carbonyl (C=O) groups is 1. The van der Waals surface area contributed by atoms with Gasteiger partial charge in [-0.15, -0.1) is 0 Å². The van der Waals surface area contributed by atoms with Gasteiger partial charge in [0.1, 0.15) is 0 Å². The van der Waals surface area contributed by atoms with Crippen molar-refractivity contribution in [1.82, 2.24) is 4.31 Å². The van der Waals surface area contributed by atoms with E-state index in [1.807, 2.05) is 0 Å². The number of hydrogen-bond acceptors (Lipinski definition) is 3. The maximum atomic E-state index is 12.3. The summed E-state index contributed by atoms with van der Waals surface area (Å²) in [4.78, 5) is 11.2. The van der Waals surface area contributed by atoms with Gasteiger partial charge in [-0.05, 0) is 37.8 Å². The Morgan fingerprint density at radius 2 is 1.88 bits per heavy atom. The van der Waals surface area contributed by atoms with Crippen molar-refractivity contribution in [1.29, 1.82) is 0 Å². The second-order valence-corrected chi connectivity index (χ2v) is 7.12. The zero-order chi connectivity index (χ0) is 12.1. The minimum absolute atomic E-state index is 0.0636. The summed E-state index contributed by atoms with van der Waals surface area (Å²) in [5, 5.41) is -0.183. The molecule has 92 valence electrons. The van der Waals surface area contributed by atoms with Crippen LogP contribution in [0.3, 0.4) is 0 Å². The third-order valence-electron chi connectivity index (χ3n) is 3.73. The quantitative estimate of drug-likeness (QED) is 0.738. The fourth-order valence-corrected chi connectivity index (χ4v) is 4.81. The molecule has 3 rings (SSSR count). The second kappa shape index (κ2) is 3.53. The zero-order valence-corrected chi connectivity index (χ0v) is 10.3. The molecule has 2 fully saturated rings. The Morgan fingerprint density at radius 1 is 1.24 bits per heavy atom. The van der Waals surface area contributed by atoms with Gasteiger partial charge in [0.15, 0.2) is 5.78 Å². The highest BCUT2D eigenvalue weighted by Crippen LogP contribution is 2.41. The predicted octanol–water partition coefficient (Wildman–Crippen LogP) is 1.01. The molecular formula is C12H15NO3S. The van der Waals surface area contributed by atoms with Crippen molar-refractivity contribution in [3.05, 3.63) is 24.3 Å². The molecule has 17 heavy (non-hydrogen) atoms. The van der Waals surface area contributed by atoms with Crippen LogP contribution >= 0.6 is 0 Å². The number of carbonyl (C=O) groups excluding carboxylic acids is 1. The molecule has 0 radical (unpaired) electrons. The molecule has 4 nitrogen and oxygen atoms in total. The molecule has 5 heteroatoms. The lowest BCUT2D eigenvalue weighted by Crippen LogP contribution is -2.46. The van der Waals surface area contributed by atoms with E-state index < -0.39 is 15.6 Å². The molecule has 0 N–H and O–H groups in total. The molecule has 0 unspecified atom stereocenters. The molecule has 1 saturated heterocycles. The first kappa shape index (κ1) is 11.2. The van der Waals surface area contributed by atoms with E-state index in [1.54, 1.807) is 16.5 Å². The van der Waals surface area contributed by atoms with Crippen molar-refractivity contribution in [3.63, 3.8) is 0 Å². The lowest BCUT2D eigenvalue weighted by Gasteiger charge is -2.33. The lowest BCUT2D eigenvalue weighted by atomic mass is 9.92. The Labute approximate surface area is 101 Å². The van der Waals surface area contributed by atoms with Crippen molar-refractivity contribution < 1.29 is 13.2 Å². The first-order valence-corrected chi connectivity index (χ1v) is 7.49. The fraction of sp³-hybridized carbons (Fsp3) is 0.583. The Hall–Kier alpha value is -0.940. The molecule has 3 aliphatic rings. The summed E-state index contributed by atoms with van der Waals surface area (Å²) >= 11 is 0. The van der Waals surface area contributed by atoms with Gasteiger partial charge in [-0.3, -0.25) is 4.79 Å². The maximum absolute atomic E-state index is 12.3. The SMILES string of the molecule is O=C1C=CC2(C=C1)CCCN2S(=O)(=O)C1CC1. The van der Waals surface area contributed by atoms with Crippen LogP contribution in [-0.2, 0) is 14.8 Å². The standard InChI is InChI=1S/C12H15NO3S/c14-10-4-7-12(8-5-10)6-1-9-13(12)17(15,16)11-2-3-11/h4-5,7-8,11H,1-3,6,9H2. The topological polar surface area (TPSA) is 54.5 Å². The van der Waals surface area contributed by atoms with Crippen molar-refractivity contribution >= 4 is 15.8 Å². The number of allylic oxidation sites excluding steroid dienone is 2. The summed E-state index contributed by atoms with van der Waals surface area (Å²) in [6.07, 6.45) is 9.67. The van der Waals surface area contributed by atoms with E-state index in [4.69, 9.17) is 0 Å². The minimum Gasteiger partial charge on any atom is -0.290 e. The van der Waals surface area contributed by atoms with Gasteiger partial charge in [0.2, 0.25) is 10.0 Å². The monoisotopic (exact) mass is 253 g/mol.